The third-order valence-corrected chi connectivity index (χ3v) is 8.33. The number of benzene rings is 5. The molecule has 0 unspecified atom stereocenters. The van der Waals surface area contributed by atoms with Gasteiger partial charge in [0, 0.05) is 38.1 Å². The van der Waals surface area contributed by atoms with Crippen LogP contribution in [0.1, 0.15) is 0 Å². The third-order valence-electron chi connectivity index (χ3n) is 7.27. The van der Waals surface area contributed by atoms with Gasteiger partial charge >= 0.3 is 0 Å². The van der Waals surface area contributed by atoms with Crippen molar-refractivity contribution in [1.29, 1.82) is 0 Å². The van der Waals surface area contributed by atoms with Crippen molar-refractivity contribution in [2.45, 2.75) is 0 Å². The standard InChI is InChI=1S/C33H20N2S/c1-2-11-26-23(8-1)28(20-31-32(26)27-12-7-19-34-33(27)36-31)21-15-17-22(18-16-21)35-29-13-5-3-9-24(29)25-10-4-6-14-30(25)35/h1-20H. The highest BCUT2D eigenvalue weighted by Crippen LogP contribution is 2.42. The summed E-state index contributed by atoms with van der Waals surface area (Å²) in [7, 11) is 0. The monoisotopic (exact) mass is 476 g/mol. The van der Waals surface area contributed by atoms with Crippen molar-refractivity contribution in [2.24, 2.45) is 0 Å². The van der Waals surface area contributed by atoms with E-state index in [0.717, 1.165) is 4.83 Å². The van der Waals surface area contributed by atoms with Gasteiger partial charge in [0.05, 0.1) is 11.0 Å². The lowest BCUT2D eigenvalue weighted by molar-refractivity contribution is 1.18. The predicted octanol–water partition coefficient (Wildman–Crippen LogP) is 9.37. The molecule has 0 saturated carbocycles. The van der Waals surface area contributed by atoms with Gasteiger partial charge < -0.3 is 4.57 Å². The summed E-state index contributed by atoms with van der Waals surface area (Å²) < 4.78 is 3.65. The number of hydrogen-bond donors (Lipinski definition) is 0. The fourth-order valence-electron chi connectivity index (χ4n) is 5.70. The lowest BCUT2D eigenvalue weighted by Crippen LogP contribution is -1.93. The summed E-state index contributed by atoms with van der Waals surface area (Å²) in [5.74, 6) is 0. The molecule has 36 heavy (non-hydrogen) atoms. The van der Waals surface area contributed by atoms with Crippen LogP contribution in [0.5, 0.6) is 0 Å². The fourth-order valence-corrected chi connectivity index (χ4v) is 6.80. The van der Waals surface area contributed by atoms with Crippen molar-refractivity contribution >= 4 is 64.2 Å². The van der Waals surface area contributed by atoms with E-state index in [4.69, 9.17) is 0 Å². The second-order valence-electron chi connectivity index (χ2n) is 9.22. The highest BCUT2D eigenvalue weighted by atomic mass is 32.1. The van der Waals surface area contributed by atoms with Crippen LogP contribution in [0.15, 0.2) is 121 Å². The lowest BCUT2D eigenvalue weighted by Gasteiger charge is -2.12. The number of rotatable bonds is 2. The second kappa shape index (κ2) is 7.51. The molecule has 8 rings (SSSR count). The normalized spacial score (nSPS) is 11.9. The van der Waals surface area contributed by atoms with Gasteiger partial charge in [-0.25, -0.2) is 4.98 Å². The Labute approximate surface area is 211 Å². The number of hydrogen-bond acceptors (Lipinski definition) is 2. The Balaban J connectivity index is 1.35. The first-order valence-corrected chi connectivity index (χ1v) is 13.0. The van der Waals surface area contributed by atoms with Crippen molar-refractivity contribution in [2.75, 3.05) is 0 Å². The molecule has 0 fully saturated rings. The Kier molecular flexibility index (Phi) is 4.13. The molecule has 0 saturated heterocycles. The topological polar surface area (TPSA) is 17.8 Å². The molecule has 0 radical (unpaired) electrons. The lowest BCUT2D eigenvalue weighted by atomic mass is 9.95. The van der Waals surface area contributed by atoms with E-state index >= 15 is 0 Å². The molecule has 3 heterocycles. The highest BCUT2D eigenvalue weighted by Gasteiger charge is 2.15. The molecule has 0 amide bonds. The Hall–Kier alpha value is -4.47. The van der Waals surface area contributed by atoms with E-state index in [2.05, 4.69) is 119 Å². The summed E-state index contributed by atoms with van der Waals surface area (Å²) in [6.07, 6.45) is 1.88. The highest BCUT2D eigenvalue weighted by molar-refractivity contribution is 7.25. The van der Waals surface area contributed by atoms with Gasteiger partial charge in [0.2, 0.25) is 0 Å². The molecule has 0 N–H and O–H groups in total. The molecule has 0 bridgehead atoms. The van der Waals surface area contributed by atoms with Gasteiger partial charge in [-0.15, -0.1) is 11.3 Å². The van der Waals surface area contributed by atoms with Gasteiger partial charge in [0.1, 0.15) is 4.83 Å². The first kappa shape index (κ1) is 19.8. The zero-order chi connectivity index (χ0) is 23.6. The summed E-state index contributed by atoms with van der Waals surface area (Å²) in [5, 5.41) is 7.68. The summed E-state index contributed by atoms with van der Waals surface area (Å²) in [5.41, 5.74) is 6.13. The number of fused-ring (bicyclic) bond motifs is 8. The molecule has 3 aromatic heterocycles. The molecule has 0 atom stereocenters. The van der Waals surface area contributed by atoms with Gasteiger partial charge in [-0.2, -0.15) is 0 Å². The molecule has 168 valence electrons. The molecular formula is C33H20N2S. The van der Waals surface area contributed by atoms with Crippen LogP contribution in [0.4, 0.5) is 0 Å². The predicted molar refractivity (Wildman–Crippen MR) is 154 cm³/mol. The largest absolute Gasteiger partial charge is 0.309 e. The van der Waals surface area contributed by atoms with Crippen LogP contribution >= 0.6 is 11.3 Å². The van der Waals surface area contributed by atoms with Crippen LogP contribution in [0, 0.1) is 0 Å². The smallest absolute Gasteiger partial charge is 0.124 e. The van der Waals surface area contributed by atoms with Crippen LogP contribution in [0.2, 0.25) is 0 Å². The van der Waals surface area contributed by atoms with Gasteiger partial charge in [-0.3, -0.25) is 0 Å². The van der Waals surface area contributed by atoms with E-state index in [1.54, 1.807) is 11.3 Å². The Morgan fingerprint density at radius 3 is 1.89 bits per heavy atom. The van der Waals surface area contributed by atoms with E-state index in [9.17, 15) is 0 Å². The van der Waals surface area contributed by atoms with E-state index in [-0.39, 0.29) is 0 Å². The maximum atomic E-state index is 4.63. The molecule has 8 aromatic rings. The molecule has 3 heteroatoms. The van der Waals surface area contributed by atoms with Crippen molar-refractivity contribution in [3.8, 4) is 16.8 Å². The Morgan fingerprint density at radius 1 is 0.556 bits per heavy atom. The van der Waals surface area contributed by atoms with Gasteiger partial charge in [-0.05, 0) is 64.4 Å². The van der Waals surface area contributed by atoms with Crippen LogP contribution < -0.4 is 0 Å². The summed E-state index contributed by atoms with van der Waals surface area (Å²) in [4.78, 5) is 5.73. The quantitative estimate of drug-likeness (QED) is 0.243. The molecular weight excluding hydrogens is 456 g/mol. The van der Waals surface area contributed by atoms with Gasteiger partial charge in [-0.1, -0.05) is 72.8 Å². The number of pyridine rings is 1. The first-order chi connectivity index (χ1) is 17.9. The summed E-state index contributed by atoms with van der Waals surface area (Å²) in [6, 6.07) is 41.7. The average molecular weight is 477 g/mol. The van der Waals surface area contributed by atoms with Crippen molar-refractivity contribution < 1.29 is 0 Å². The average Bonchev–Trinajstić information content (AvgIpc) is 3.49. The Bertz CT molecular complexity index is 2040. The first-order valence-electron chi connectivity index (χ1n) is 12.1. The van der Waals surface area contributed by atoms with Crippen molar-refractivity contribution in [1.82, 2.24) is 9.55 Å². The molecule has 0 aliphatic heterocycles. The molecule has 0 spiro atoms. The maximum Gasteiger partial charge on any atom is 0.124 e. The van der Waals surface area contributed by atoms with Crippen LogP contribution in [0.25, 0.3) is 69.7 Å². The van der Waals surface area contributed by atoms with Crippen LogP contribution in [0.3, 0.4) is 0 Å². The van der Waals surface area contributed by atoms with Gasteiger partial charge in [0.15, 0.2) is 0 Å². The van der Waals surface area contributed by atoms with Crippen LogP contribution in [-0.2, 0) is 0 Å². The molecule has 0 aliphatic rings. The van der Waals surface area contributed by atoms with E-state index in [1.165, 1.54) is 64.9 Å². The maximum absolute atomic E-state index is 4.63. The summed E-state index contributed by atoms with van der Waals surface area (Å²) in [6.45, 7) is 0. The van der Waals surface area contributed by atoms with Gasteiger partial charge in [0.25, 0.3) is 0 Å². The number of thiophene rings is 1. The third kappa shape index (κ3) is 2.75. The zero-order valence-corrected chi connectivity index (χ0v) is 20.2. The van der Waals surface area contributed by atoms with Crippen molar-refractivity contribution in [3.05, 3.63) is 121 Å². The van der Waals surface area contributed by atoms with E-state index in [1.807, 2.05) is 12.3 Å². The fraction of sp³-hybridized carbons (Fsp3) is 0. The Morgan fingerprint density at radius 2 is 1.17 bits per heavy atom. The minimum atomic E-state index is 1.09. The summed E-state index contributed by atoms with van der Waals surface area (Å²) >= 11 is 1.77. The van der Waals surface area contributed by atoms with E-state index in [0.29, 0.717) is 0 Å². The molecule has 5 aromatic carbocycles. The van der Waals surface area contributed by atoms with Crippen LogP contribution in [-0.4, -0.2) is 9.55 Å². The minimum absolute atomic E-state index is 1.09. The second-order valence-corrected chi connectivity index (χ2v) is 10.2. The SMILES string of the molecule is c1ccc2c(c1)c(-c1ccc(-n3c4ccccc4c4ccccc43)cc1)cc1sc3ncccc3c12. The molecule has 0 aliphatic carbocycles. The van der Waals surface area contributed by atoms with Crippen molar-refractivity contribution in [3.63, 3.8) is 0 Å². The number of nitrogens with zero attached hydrogens (tertiary/aromatic N) is 2. The van der Waals surface area contributed by atoms with E-state index < -0.39 is 0 Å². The molecule has 2 nitrogen and oxygen atoms in total. The number of aromatic nitrogens is 2. The zero-order valence-electron chi connectivity index (χ0n) is 19.3. The number of para-hydroxylation sites is 2. The minimum Gasteiger partial charge on any atom is -0.309 e.